The number of alkyl halides is 2. The van der Waals surface area contributed by atoms with Crippen LogP contribution in [0.15, 0.2) is 57.3 Å². The van der Waals surface area contributed by atoms with E-state index in [0.29, 0.717) is 0 Å². The van der Waals surface area contributed by atoms with E-state index in [0.717, 1.165) is 23.9 Å². The van der Waals surface area contributed by atoms with Crippen LogP contribution in [-0.4, -0.2) is 59.2 Å². The van der Waals surface area contributed by atoms with Crippen LogP contribution in [0.4, 0.5) is 8.78 Å². The molecule has 1 aromatic heterocycles. The van der Waals surface area contributed by atoms with Crippen molar-refractivity contribution in [3.63, 3.8) is 0 Å². The van der Waals surface area contributed by atoms with Gasteiger partial charge in [-0.2, -0.15) is 8.78 Å². The second-order valence-corrected chi connectivity index (χ2v) is 7.34. The average Bonchev–Trinajstić information content (AvgIpc) is 3.23. The summed E-state index contributed by atoms with van der Waals surface area (Å²) in [4.78, 5) is 40.8. The van der Waals surface area contributed by atoms with Crippen molar-refractivity contribution in [3.8, 4) is 0 Å². The van der Waals surface area contributed by atoms with Gasteiger partial charge in [-0.25, -0.2) is 9.59 Å². The summed E-state index contributed by atoms with van der Waals surface area (Å²) in [7, 11) is 1.03. The van der Waals surface area contributed by atoms with Crippen molar-refractivity contribution in [2.75, 3.05) is 13.7 Å². The molecule has 2 aliphatic rings. The minimum absolute atomic E-state index is 0.175. The molecule has 2 unspecified atom stereocenters. The number of benzene rings is 1. The highest BCUT2D eigenvalue weighted by Gasteiger charge is 2.81. The van der Waals surface area contributed by atoms with Gasteiger partial charge in [-0.05, 0) is 17.7 Å². The van der Waals surface area contributed by atoms with Crippen LogP contribution in [-0.2, 0) is 18.9 Å². The van der Waals surface area contributed by atoms with Crippen LogP contribution in [0.2, 0.25) is 0 Å². The summed E-state index contributed by atoms with van der Waals surface area (Å²) >= 11 is 0. The third-order valence-electron chi connectivity index (χ3n) is 5.28. The lowest BCUT2D eigenvalue weighted by Gasteiger charge is -2.31. The summed E-state index contributed by atoms with van der Waals surface area (Å²) < 4.78 is 50.1. The molecule has 14 heteroatoms. The summed E-state index contributed by atoms with van der Waals surface area (Å²) in [6.07, 6.45) is -8.61. The highest BCUT2D eigenvalue weighted by atomic mass is 19.3. The summed E-state index contributed by atoms with van der Waals surface area (Å²) in [6, 6.07) is 8.81. The first-order chi connectivity index (χ1) is 15.7. The number of azide groups is 1. The molecule has 1 saturated carbocycles. The number of ether oxygens (including phenoxy) is 4. The van der Waals surface area contributed by atoms with Gasteiger partial charge in [0.15, 0.2) is 6.23 Å². The van der Waals surface area contributed by atoms with Crippen LogP contribution in [0.3, 0.4) is 0 Å². The molecule has 1 N–H and O–H groups in total. The fourth-order valence-electron chi connectivity index (χ4n) is 3.83. The van der Waals surface area contributed by atoms with Gasteiger partial charge in [0.1, 0.15) is 30.5 Å². The van der Waals surface area contributed by atoms with Crippen LogP contribution >= 0.6 is 0 Å². The van der Waals surface area contributed by atoms with Crippen LogP contribution in [0.25, 0.3) is 10.4 Å². The third kappa shape index (κ3) is 4.00. The molecule has 0 spiro atoms. The number of carbonyl (C=O) groups excluding carboxylic acids is 1. The molecule has 1 aliphatic carbocycles. The van der Waals surface area contributed by atoms with E-state index in [9.17, 15) is 23.2 Å². The van der Waals surface area contributed by atoms with E-state index in [1.807, 2.05) is 4.98 Å². The van der Waals surface area contributed by atoms with E-state index in [-0.39, 0.29) is 5.56 Å². The maximum atomic E-state index is 14.4. The quantitative estimate of drug-likeness (QED) is 0.267. The van der Waals surface area contributed by atoms with Gasteiger partial charge >= 0.3 is 17.8 Å². The lowest BCUT2D eigenvalue weighted by atomic mass is 10.1. The number of carbonyl (C=O) groups is 1. The molecule has 2 heterocycles. The van der Waals surface area contributed by atoms with E-state index in [1.165, 1.54) is 12.1 Å². The van der Waals surface area contributed by atoms with Crippen LogP contribution < -0.4 is 11.2 Å². The molecule has 2 aromatic rings. The number of hydrogen-bond acceptors (Lipinski definition) is 8. The number of nitrogens with one attached hydrogen (secondary N) is 1. The number of halogens is 2. The number of aromatic amines is 1. The van der Waals surface area contributed by atoms with Gasteiger partial charge in [0, 0.05) is 24.3 Å². The van der Waals surface area contributed by atoms with Crippen molar-refractivity contribution in [1.29, 1.82) is 0 Å². The van der Waals surface area contributed by atoms with E-state index in [4.69, 9.17) is 19.7 Å². The van der Waals surface area contributed by atoms with Gasteiger partial charge < -0.3 is 18.9 Å². The smallest absolute Gasteiger partial charge is 0.379 e. The molecule has 12 nitrogen and oxygen atoms in total. The van der Waals surface area contributed by atoms with Crippen LogP contribution in [0, 0.1) is 0 Å². The zero-order valence-electron chi connectivity index (χ0n) is 17.0. The lowest BCUT2D eigenvalue weighted by molar-refractivity contribution is -0.301. The summed E-state index contributed by atoms with van der Waals surface area (Å²) in [6.45, 7) is -1.15. The Hall–Kier alpha value is -3.58. The molecular weight excluding hydrogens is 448 g/mol. The Morgan fingerprint density at radius 2 is 2.03 bits per heavy atom. The monoisotopic (exact) mass is 465 g/mol. The fourth-order valence-corrected chi connectivity index (χ4v) is 3.83. The highest BCUT2D eigenvalue weighted by Crippen LogP contribution is 2.60. The van der Waals surface area contributed by atoms with Gasteiger partial charge in [-0.1, -0.05) is 23.3 Å². The maximum Gasteiger partial charge on any atom is 0.379 e. The molecule has 1 saturated heterocycles. The molecule has 2 fully saturated rings. The standard InChI is InChI=1S/C19H17F2N5O7/c1-30-9-18(20,21)33-14-15(26-8-7-11(27)23-17(26)29)31-12-13(19(12,14)24-25-22)32-16(28)10-5-3-2-4-6-10/h2-8,12-15H,9H2,1H3,(H,23,27,29)/t12-,13?,14+,15-,19?/m1/s1. The molecule has 0 bridgehead atoms. The predicted molar refractivity (Wildman–Crippen MR) is 104 cm³/mol. The van der Waals surface area contributed by atoms with E-state index >= 15 is 0 Å². The second-order valence-electron chi connectivity index (χ2n) is 7.34. The Kier molecular flexibility index (Phi) is 5.76. The topological polar surface area (TPSA) is 158 Å². The number of methoxy groups -OCH3 is 1. The molecule has 174 valence electrons. The fraction of sp³-hybridized carbons (Fsp3) is 0.421. The van der Waals surface area contributed by atoms with Gasteiger partial charge in [-0.15, -0.1) is 0 Å². The Morgan fingerprint density at radius 3 is 2.67 bits per heavy atom. The van der Waals surface area contributed by atoms with Crippen LogP contribution in [0.1, 0.15) is 16.6 Å². The van der Waals surface area contributed by atoms with Gasteiger partial charge in [0.25, 0.3) is 5.56 Å². The predicted octanol–water partition coefficient (Wildman–Crippen LogP) is 1.35. The maximum absolute atomic E-state index is 14.4. The van der Waals surface area contributed by atoms with Crippen LogP contribution in [0.5, 0.6) is 0 Å². The number of aromatic nitrogens is 2. The second kappa shape index (κ2) is 8.41. The summed E-state index contributed by atoms with van der Waals surface area (Å²) in [5.41, 5.74) is 5.73. The first-order valence-electron chi connectivity index (χ1n) is 9.57. The number of fused-ring (bicyclic) bond motifs is 1. The summed E-state index contributed by atoms with van der Waals surface area (Å²) in [5, 5.41) is 3.60. The average molecular weight is 465 g/mol. The Morgan fingerprint density at radius 1 is 1.30 bits per heavy atom. The first kappa shape index (κ1) is 22.6. The Balaban J connectivity index is 1.70. The van der Waals surface area contributed by atoms with Gasteiger partial charge in [0.05, 0.1) is 5.56 Å². The van der Waals surface area contributed by atoms with Crippen molar-refractivity contribution >= 4 is 5.97 Å². The molecule has 0 radical (unpaired) electrons. The first-order valence-corrected chi connectivity index (χ1v) is 9.57. The van der Waals surface area contributed by atoms with Crippen molar-refractivity contribution in [2.45, 2.75) is 36.2 Å². The van der Waals surface area contributed by atoms with E-state index < -0.39 is 60.0 Å². The van der Waals surface area contributed by atoms with Crippen molar-refractivity contribution in [1.82, 2.24) is 9.55 Å². The number of hydrogen-bond donors (Lipinski definition) is 1. The molecular formula is C19H17F2N5O7. The van der Waals surface area contributed by atoms with Gasteiger partial charge in [0.2, 0.25) is 0 Å². The Bertz CT molecular complexity index is 1210. The molecule has 33 heavy (non-hydrogen) atoms. The normalized spacial score (nSPS) is 28.0. The third-order valence-corrected chi connectivity index (χ3v) is 5.28. The largest absolute Gasteiger partial charge is 0.455 e. The van der Waals surface area contributed by atoms with Crippen molar-refractivity contribution in [2.24, 2.45) is 5.11 Å². The van der Waals surface area contributed by atoms with Gasteiger partial charge in [-0.3, -0.25) is 14.3 Å². The summed E-state index contributed by atoms with van der Waals surface area (Å²) in [5.74, 6) is -0.800. The highest BCUT2D eigenvalue weighted by molar-refractivity contribution is 5.89. The SMILES string of the molecule is COCC(F)(F)O[C@H]1[C@H](n2ccc(=O)[nH]c2=O)O[C@@H]2C(OC(=O)c3ccccc3)C21N=[N+]=[N-]. The zero-order valence-corrected chi connectivity index (χ0v) is 17.0. The van der Waals surface area contributed by atoms with Crippen molar-refractivity contribution < 1.29 is 32.5 Å². The Labute approximate surface area is 183 Å². The minimum atomic E-state index is -3.88. The molecule has 5 atom stereocenters. The molecule has 1 aromatic carbocycles. The molecule has 1 aliphatic heterocycles. The molecule has 4 rings (SSSR count). The number of nitrogens with zero attached hydrogens (tertiary/aromatic N) is 4. The number of esters is 1. The molecule has 0 amide bonds. The van der Waals surface area contributed by atoms with E-state index in [1.54, 1.807) is 18.2 Å². The number of rotatable bonds is 8. The zero-order chi connectivity index (χ0) is 23.8. The number of H-pyrrole nitrogens is 1. The van der Waals surface area contributed by atoms with Crippen molar-refractivity contribution in [3.05, 3.63) is 79.4 Å². The lowest BCUT2D eigenvalue weighted by Crippen LogP contribution is -2.47. The minimum Gasteiger partial charge on any atom is -0.455 e. The van der Waals surface area contributed by atoms with E-state index in [2.05, 4.69) is 14.8 Å².